The highest BCUT2D eigenvalue weighted by Gasteiger charge is 2.17. The van der Waals surface area contributed by atoms with Gasteiger partial charge in [-0.3, -0.25) is 9.36 Å². The van der Waals surface area contributed by atoms with Crippen molar-refractivity contribution in [3.63, 3.8) is 0 Å². The molecule has 0 fully saturated rings. The lowest BCUT2D eigenvalue weighted by atomic mass is 10.1. The van der Waals surface area contributed by atoms with Gasteiger partial charge in [0.2, 0.25) is 5.82 Å². The normalized spacial score (nSPS) is 11.1. The number of nitrogens with zero attached hydrogens (tertiary/aromatic N) is 3. The maximum absolute atomic E-state index is 13.4. The number of benzene rings is 4. The fourth-order valence-corrected chi connectivity index (χ4v) is 4.42. The Morgan fingerprint density at radius 2 is 1.55 bits per heavy atom. The van der Waals surface area contributed by atoms with E-state index in [1.54, 1.807) is 10.8 Å². The molecule has 6 heteroatoms. The third-order valence-electron chi connectivity index (χ3n) is 6.71. The standard InChI is InChI=1S/C32H25N3O3/c1-21-12-15-25(18-22(21)2)35-19-29(27-10-6-7-11-28(27)32(35)36)31-33-30(34-38-31)24-13-16-26(17-14-24)37-20-23-8-4-3-5-9-23/h3-19H,20H2,1-2H3. The molecule has 6 aromatic rings. The van der Waals surface area contributed by atoms with Crippen LogP contribution in [0.25, 0.3) is 39.3 Å². The van der Waals surface area contributed by atoms with Gasteiger partial charge < -0.3 is 9.26 Å². The smallest absolute Gasteiger partial charge is 0.262 e. The number of aromatic nitrogens is 3. The van der Waals surface area contributed by atoms with Crippen LogP contribution in [-0.4, -0.2) is 14.7 Å². The second-order valence-corrected chi connectivity index (χ2v) is 9.25. The summed E-state index contributed by atoms with van der Waals surface area (Å²) < 4.78 is 13.3. The van der Waals surface area contributed by atoms with E-state index in [-0.39, 0.29) is 5.56 Å². The molecule has 0 saturated heterocycles. The summed E-state index contributed by atoms with van der Waals surface area (Å²) in [6.07, 6.45) is 1.78. The van der Waals surface area contributed by atoms with Gasteiger partial charge in [-0.2, -0.15) is 4.98 Å². The zero-order valence-corrected chi connectivity index (χ0v) is 21.1. The van der Waals surface area contributed by atoms with E-state index in [0.717, 1.165) is 33.5 Å². The quantitative estimate of drug-likeness (QED) is 0.249. The predicted molar refractivity (Wildman–Crippen MR) is 149 cm³/mol. The third kappa shape index (κ3) is 4.48. The molecule has 186 valence electrons. The monoisotopic (exact) mass is 499 g/mol. The Bertz CT molecular complexity index is 1800. The van der Waals surface area contributed by atoms with Gasteiger partial charge in [-0.25, -0.2) is 0 Å². The van der Waals surface area contributed by atoms with Crippen LogP contribution < -0.4 is 10.3 Å². The summed E-state index contributed by atoms with van der Waals surface area (Å²) in [6, 6.07) is 31.1. The van der Waals surface area contributed by atoms with Gasteiger partial charge in [0.25, 0.3) is 11.4 Å². The average Bonchev–Trinajstić information content (AvgIpc) is 3.45. The first-order valence-electron chi connectivity index (χ1n) is 12.4. The van der Waals surface area contributed by atoms with Crippen molar-refractivity contribution in [1.82, 2.24) is 14.7 Å². The number of hydrogen-bond donors (Lipinski definition) is 0. The molecular formula is C32H25N3O3. The summed E-state index contributed by atoms with van der Waals surface area (Å²) in [7, 11) is 0. The highest BCUT2D eigenvalue weighted by atomic mass is 16.5. The van der Waals surface area contributed by atoms with Crippen LogP contribution in [-0.2, 0) is 6.61 Å². The van der Waals surface area contributed by atoms with E-state index in [0.29, 0.717) is 29.3 Å². The van der Waals surface area contributed by atoms with E-state index in [4.69, 9.17) is 9.26 Å². The van der Waals surface area contributed by atoms with E-state index in [2.05, 4.69) is 17.1 Å². The van der Waals surface area contributed by atoms with E-state index in [1.165, 1.54) is 5.56 Å². The van der Waals surface area contributed by atoms with Crippen LogP contribution in [0.15, 0.2) is 113 Å². The van der Waals surface area contributed by atoms with Crippen molar-refractivity contribution < 1.29 is 9.26 Å². The molecule has 0 aliphatic carbocycles. The summed E-state index contributed by atoms with van der Waals surface area (Å²) in [4.78, 5) is 18.1. The van der Waals surface area contributed by atoms with E-state index < -0.39 is 0 Å². The van der Waals surface area contributed by atoms with Crippen molar-refractivity contribution in [2.45, 2.75) is 20.5 Å². The van der Waals surface area contributed by atoms with Crippen LogP contribution >= 0.6 is 0 Å². The molecule has 2 heterocycles. The van der Waals surface area contributed by atoms with Gasteiger partial charge in [0.05, 0.1) is 5.56 Å². The number of fused-ring (bicyclic) bond motifs is 1. The van der Waals surface area contributed by atoms with Gasteiger partial charge in [-0.15, -0.1) is 0 Å². The second-order valence-electron chi connectivity index (χ2n) is 9.25. The molecule has 0 aliphatic rings. The molecule has 0 aliphatic heterocycles. The van der Waals surface area contributed by atoms with Crippen molar-refractivity contribution in [2.75, 3.05) is 0 Å². The van der Waals surface area contributed by atoms with Gasteiger partial charge in [0.15, 0.2) is 0 Å². The molecule has 38 heavy (non-hydrogen) atoms. The first kappa shape index (κ1) is 23.4. The Morgan fingerprint density at radius 3 is 2.32 bits per heavy atom. The highest BCUT2D eigenvalue weighted by molar-refractivity contribution is 5.94. The topological polar surface area (TPSA) is 70.2 Å². The lowest BCUT2D eigenvalue weighted by Gasteiger charge is -2.12. The minimum absolute atomic E-state index is 0.0987. The maximum atomic E-state index is 13.4. The van der Waals surface area contributed by atoms with Gasteiger partial charge in [0, 0.05) is 28.2 Å². The number of aryl methyl sites for hydroxylation is 2. The average molecular weight is 500 g/mol. The van der Waals surface area contributed by atoms with E-state index >= 15 is 0 Å². The van der Waals surface area contributed by atoms with Crippen molar-refractivity contribution in [3.8, 4) is 34.3 Å². The minimum Gasteiger partial charge on any atom is -0.489 e. The zero-order valence-electron chi connectivity index (χ0n) is 21.1. The van der Waals surface area contributed by atoms with Crippen LogP contribution in [0.5, 0.6) is 5.75 Å². The van der Waals surface area contributed by atoms with E-state index in [9.17, 15) is 4.79 Å². The second kappa shape index (κ2) is 9.82. The van der Waals surface area contributed by atoms with Crippen LogP contribution in [0.2, 0.25) is 0 Å². The number of ether oxygens (including phenoxy) is 1. The molecule has 0 saturated carbocycles. The largest absolute Gasteiger partial charge is 0.489 e. The Labute approximate surface area is 219 Å². The summed E-state index contributed by atoms with van der Waals surface area (Å²) in [5.41, 5.74) is 5.57. The van der Waals surface area contributed by atoms with E-state index in [1.807, 2.05) is 104 Å². The number of hydrogen-bond acceptors (Lipinski definition) is 5. The molecule has 0 atom stereocenters. The molecule has 0 bridgehead atoms. The molecule has 0 unspecified atom stereocenters. The number of rotatable bonds is 6. The van der Waals surface area contributed by atoms with Crippen LogP contribution in [0.4, 0.5) is 0 Å². The molecule has 0 amide bonds. The van der Waals surface area contributed by atoms with Crippen molar-refractivity contribution in [2.24, 2.45) is 0 Å². The predicted octanol–water partition coefficient (Wildman–Crippen LogP) is 6.90. The fraction of sp³-hybridized carbons (Fsp3) is 0.0938. The molecule has 2 aromatic heterocycles. The Balaban J connectivity index is 1.34. The highest BCUT2D eigenvalue weighted by Crippen LogP contribution is 2.29. The SMILES string of the molecule is Cc1ccc(-n2cc(-c3nc(-c4ccc(OCc5ccccc5)cc4)no3)c3ccccc3c2=O)cc1C. The van der Waals surface area contributed by atoms with Gasteiger partial charge in [-0.05, 0) is 73.0 Å². The van der Waals surface area contributed by atoms with Crippen molar-refractivity contribution >= 4 is 10.8 Å². The fourth-order valence-electron chi connectivity index (χ4n) is 4.42. The van der Waals surface area contributed by atoms with Crippen LogP contribution in [0.3, 0.4) is 0 Å². The third-order valence-corrected chi connectivity index (χ3v) is 6.71. The van der Waals surface area contributed by atoms with Gasteiger partial charge >= 0.3 is 0 Å². The first-order valence-corrected chi connectivity index (χ1v) is 12.4. The van der Waals surface area contributed by atoms with Crippen molar-refractivity contribution in [1.29, 1.82) is 0 Å². The summed E-state index contributed by atoms with van der Waals surface area (Å²) in [5, 5.41) is 5.58. The molecule has 0 spiro atoms. The van der Waals surface area contributed by atoms with Crippen LogP contribution in [0, 0.1) is 13.8 Å². The molecule has 4 aromatic carbocycles. The Kier molecular flexibility index (Phi) is 6.06. The maximum Gasteiger partial charge on any atom is 0.262 e. The first-order chi connectivity index (χ1) is 18.6. The van der Waals surface area contributed by atoms with Crippen LogP contribution in [0.1, 0.15) is 16.7 Å². The van der Waals surface area contributed by atoms with Gasteiger partial charge in [0.1, 0.15) is 12.4 Å². The molecule has 0 radical (unpaired) electrons. The van der Waals surface area contributed by atoms with Crippen molar-refractivity contribution in [3.05, 3.63) is 130 Å². The Morgan fingerprint density at radius 1 is 0.816 bits per heavy atom. The summed E-state index contributed by atoms with van der Waals surface area (Å²) in [5.74, 6) is 1.56. The lowest BCUT2D eigenvalue weighted by molar-refractivity contribution is 0.306. The number of pyridine rings is 1. The minimum atomic E-state index is -0.0987. The summed E-state index contributed by atoms with van der Waals surface area (Å²) >= 11 is 0. The summed E-state index contributed by atoms with van der Waals surface area (Å²) in [6.45, 7) is 4.58. The molecular weight excluding hydrogens is 474 g/mol. The molecule has 6 nitrogen and oxygen atoms in total. The Hall–Kier alpha value is -4.97. The molecule has 0 N–H and O–H groups in total. The lowest BCUT2D eigenvalue weighted by Crippen LogP contribution is -2.18. The zero-order chi connectivity index (χ0) is 26.1. The molecule has 6 rings (SSSR count). The van der Waals surface area contributed by atoms with Gasteiger partial charge in [-0.1, -0.05) is 59.8 Å².